The monoisotopic (exact) mass is 303 g/mol. The summed E-state index contributed by atoms with van der Waals surface area (Å²) in [4.78, 5) is 19.0. The van der Waals surface area contributed by atoms with Crippen molar-refractivity contribution in [2.45, 2.75) is 33.2 Å². The second-order valence-corrected chi connectivity index (χ2v) is 6.02. The van der Waals surface area contributed by atoms with Crippen LogP contribution >= 0.6 is 0 Å². The maximum Gasteiger partial charge on any atom is 0.320 e. The summed E-state index contributed by atoms with van der Waals surface area (Å²) in [7, 11) is 0. The first-order valence-corrected chi connectivity index (χ1v) is 8.54. The summed E-state index contributed by atoms with van der Waals surface area (Å²) in [6.07, 6.45) is 2.05. The van der Waals surface area contributed by atoms with Crippen molar-refractivity contribution in [3.8, 4) is 0 Å². The van der Waals surface area contributed by atoms with Crippen molar-refractivity contribution >= 4 is 6.03 Å². The zero-order valence-electron chi connectivity index (χ0n) is 14.0. The lowest BCUT2D eigenvalue weighted by Gasteiger charge is -2.37. The van der Waals surface area contributed by atoms with Crippen molar-refractivity contribution in [1.82, 2.24) is 14.7 Å². The van der Waals surface area contributed by atoms with Gasteiger partial charge < -0.3 is 9.80 Å². The molecule has 1 heterocycles. The lowest BCUT2D eigenvalue weighted by atomic mass is 10.2. The van der Waals surface area contributed by atoms with E-state index in [4.69, 9.17) is 0 Å². The average molecular weight is 303 g/mol. The zero-order chi connectivity index (χ0) is 15.8. The maximum absolute atomic E-state index is 12.6. The highest BCUT2D eigenvalue weighted by Gasteiger charge is 2.24. The summed E-state index contributed by atoms with van der Waals surface area (Å²) >= 11 is 0. The van der Waals surface area contributed by atoms with Crippen molar-refractivity contribution in [2.24, 2.45) is 0 Å². The fourth-order valence-electron chi connectivity index (χ4n) is 2.98. The summed E-state index contributed by atoms with van der Waals surface area (Å²) in [6, 6.07) is 10.8. The molecule has 0 unspecified atom stereocenters. The van der Waals surface area contributed by atoms with Gasteiger partial charge in [0, 0.05) is 45.8 Å². The zero-order valence-corrected chi connectivity index (χ0v) is 14.0. The molecule has 2 amide bonds. The van der Waals surface area contributed by atoms with E-state index in [1.54, 1.807) is 0 Å². The molecule has 2 rings (SSSR count). The molecule has 0 radical (unpaired) electrons. The van der Waals surface area contributed by atoms with E-state index in [9.17, 15) is 4.79 Å². The first-order valence-electron chi connectivity index (χ1n) is 8.54. The highest BCUT2D eigenvalue weighted by atomic mass is 16.2. The molecule has 22 heavy (non-hydrogen) atoms. The highest BCUT2D eigenvalue weighted by Crippen LogP contribution is 2.10. The summed E-state index contributed by atoms with van der Waals surface area (Å²) in [6.45, 7) is 10.6. The molecule has 1 aromatic carbocycles. The van der Waals surface area contributed by atoms with Crippen molar-refractivity contribution < 1.29 is 4.79 Å². The number of carbonyl (C=O) groups is 1. The lowest BCUT2D eigenvalue weighted by Crippen LogP contribution is -2.52. The van der Waals surface area contributed by atoms with Gasteiger partial charge in [0.1, 0.15) is 0 Å². The van der Waals surface area contributed by atoms with Gasteiger partial charge >= 0.3 is 6.03 Å². The van der Waals surface area contributed by atoms with Crippen LogP contribution in [0.4, 0.5) is 4.79 Å². The molecule has 0 aliphatic carbocycles. The third kappa shape index (κ3) is 4.73. The van der Waals surface area contributed by atoms with E-state index in [1.807, 2.05) is 9.80 Å². The molecule has 122 valence electrons. The average Bonchev–Trinajstić information content (AvgIpc) is 2.56. The Morgan fingerprint density at radius 3 is 2.14 bits per heavy atom. The Balaban J connectivity index is 1.82. The topological polar surface area (TPSA) is 26.8 Å². The number of nitrogens with zero attached hydrogens (tertiary/aromatic N) is 3. The number of amides is 2. The molecule has 1 saturated heterocycles. The van der Waals surface area contributed by atoms with Crippen LogP contribution in [0.25, 0.3) is 0 Å². The standard InChI is InChI=1S/C18H29N3O/c1-3-10-20(11-4-2)18(22)21-14-12-19(13-15-21)16-17-8-6-5-7-9-17/h5-9H,3-4,10-16H2,1-2H3. The Kier molecular flexibility index (Phi) is 6.72. The Morgan fingerprint density at radius 1 is 1.00 bits per heavy atom. The van der Waals surface area contributed by atoms with Crippen LogP contribution in [0.3, 0.4) is 0 Å². The fourth-order valence-corrected chi connectivity index (χ4v) is 2.98. The molecule has 0 bridgehead atoms. The second kappa shape index (κ2) is 8.79. The van der Waals surface area contributed by atoms with Gasteiger partial charge in [-0.1, -0.05) is 44.2 Å². The van der Waals surface area contributed by atoms with E-state index in [1.165, 1.54) is 5.56 Å². The Bertz CT molecular complexity index is 435. The molecule has 1 fully saturated rings. The van der Waals surface area contributed by atoms with Gasteiger partial charge in [0.15, 0.2) is 0 Å². The van der Waals surface area contributed by atoms with Gasteiger partial charge in [-0.2, -0.15) is 0 Å². The van der Waals surface area contributed by atoms with Crippen LogP contribution < -0.4 is 0 Å². The molecule has 0 N–H and O–H groups in total. The third-order valence-corrected chi connectivity index (χ3v) is 4.15. The fraction of sp³-hybridized carbons (Fsp3) is 0.611. The molecule has 0 atom stereocenters. The number of hydrogen-bond donors (Lipinski definition) is 0. The molecule has 1 aromatic rings. The Labute approximate surface area is 134 Å². The minimum absolute atomic E-state index is 0.225. The van der Waals surface area contributed by atoms with Crippen LogP contribution in [0.1, 0.15) is 32.3 Å². The third-order valence-electron chi connectivity index (χ3n) is 4.15. The SMILES string of the molecule is CCCN(CCC)C(=O)N1CCN(Cc2ccccc2)CC1. The molecule has 4 nitrogen and oxygen atoms in total. The van der Waals surface area contributed by atoms with Crippen LogP contribution in [0.2, 0.25) is 0 Å². The van der Waals surface area contributed by atoms with Crippen molar-refractivity contribution in [2.75, 3.05) is 39.3 Å². The molecule has 4 heteroatoms. The number of benzene rings is 1. The van der Waals surface area contributed by atoms with E-state index < -0.39 is 0 Å². The molecule has 0 saturated carbocycles. The van der Waals surface area contributed by atoms with E-state index in [2.05, 4.69) is 49.1 Å². The Morgan fingerprint density at radius 2 is 1.59 bits per heavy atom. The van der Waals surface area contributed by atoms with Gasteiger partial charge in [-0.05, 0) is 18.4 Å². The van der Waals surface area contributed by atoms with Gasteiger partial charge in [-0.25, -0.2) is 4.79 Å². The number of carbonyl (C=O) groups excluding carboxylic acids is 1. The van der Waals surface area contributed by atoms with Crippen molar-refractivity contribution in [1.29, 1.82) is 0 Å². The van der Waals surface area contributed by atoms with Gasteiger partial charge in [0.2, 0.25) is 0 Å². The predicted octanol–water partition coefficient (Wildman–Crippen LogP) is 3.05. The number of hydrogen-bond acceptors (Lipinski definition) is 2. The Hall–Kier alpha value is -1.55. The second-order valence-electron chi connectivity index (χ2n) is 6.02. The van der Waals surface area contributed by atoms with E-state index in [0.717, 1.165) is 58.7 Å². The molecular formula is C18H29N3O. The predicted molar refractivity (Wildman–Crippen MR) is 90.8 cm³/mol. The number of piperazine rings is 1. The van der Waals surface area contributed by atoms with Gasteiger partial charge in [0.05, 0.1) is 0 Å². The van der Waals surface area contributed by atoms with E-state index in [0.29, 0.717) is 0 Å². The smallest absolute Gasteiger partial charge is 0.320 e. The molecular weight excluding hydrogens is 274 g/mol. The van der Waals surface area contributed by atoms with Gasteiger partial charge in [-0.3, -0.25) is 4.90 Å². The van der Waals surface area contributed by atoms with Crippen LogP contribution in [0.5, 0.6) is 0 Å². The van der Waals surface area contributed by atoms with E-state index in [-0.39, 0.29) is 6.03 Å². The van der Waals surface area contributed by atoms with Crippen LogP contribution in [-0.2, 0) is 6.54 Å². The summed E-state index contributed by atoms with van der Waals surface area (Å²) in [5, 5.41) is 0. The minimum atomic E-state index is 0.225. The minimum Gasteiger partial charge on any atom is -0.325 e. The first-order chi connectivity index (χ1) is 10.7. The van der Waals surface area contributed by atoms with Crippen molar-refractivity contribution in [3.63, 3.8) is 0 Å². The maximum atomic E-state index is 12.6. The summed E-state index contributed by atoms with van der Waals surface area (Å²) < 4.78 is 0. The first kappa shape index (κ1) is 16.8. The molecule has 1 aliphatic rings. The quantitative estimate of drug-likeness (QED) is 0.807. The van der Waals surface area contributed by atoms with Crippen molar-refractivity contribution in [3.05, 3.63) is 35.9 Å². The molecule has 1 aliphatic heterocycles. The van der Waals surface area contributed by atoms with Crippen LogP contribution in [-0.4, -0.2) is 60.0 Å². The molecule has 0 aromatic heterocycles. The summed E-state index contributed by atoms with van der Waals surface area (Å²) in [5.41, 5.74) is 1.35. The molecule has 0 spiro atoms. The van der Waals surface area contributed by atoms with Gasteiger partial charge in [-0.15, -0.1) is 0 Å². The van der Waals surface area contributed by atoms with Crippen LogP contribution in [0.15, 0.2) is 30.3 Å². The van der Waals surface area contributed by atoms with Crippen LogP contribution in [0, 0.1) is 0 Å². The number of urea groups is 1. The highest BCUT2D eigenvalue weighted by molar-refractivity contribution is 5.74. The summed E-state index contributed by atoms with van der Waals surface area (Å²) in [5.74, 6) is 0. The lowest BCUT2D eigenvalue weighted by molar-refractivity contribution is 0.109. The number of rotatable bonds is 6. The largest absolute Gasteiger partial charge is 0.325 e. The van der Waals surface area contributed by atoms with E-state index >= 15 is 0 Å². The van der Waals surface area contributed by atoms with Gasteiger partial charge in [0.25, 0.3) is 0 Å². The normalized spacial score (nSPS) is 15.8.